The summed E-state index contributed by atoms with van der Waals surface area (Å²) in [4.78, 5) is 18.2. The van der Waals surface area contributed by atoms with Gasteiger partial charge in [0.25, 0.3) is 0 Å². The third-order valence-corrected chi connectivity index (χ3v) is 5.09. The number of aryl methyl sites for hydroxylation is 4. The average Bonchev–Trinajstić information content (AvgIpc) is 2.92. The Bertz CT molecular complexity index is 910. The number of carbonyl (C=O) groups excluding carboxylic acids is 1. The molecule has 0 aliphatic heterocycles. The van der Waals surface area contributed by atoms with E-state index in [1.165, 1.54) is 5.56 Å². The van der Waals surface area contributed by atoms with Gasteiger partial charge in [-0.05, 0) is 44.9 Å². The van der Waals surface area contributed by atoms with Crippen LogP contribution in [0.1, 0.15) is 26.6 Å². The fraction of sp³-hybridized carbons (Fsp3) is 0.238. The SMILES string of the molecule is Cc1ccc(-c2nc(C)sc2CC(=O)Nc2cc(C)ccc2C)cc1. The number of amides is 1. The fourth-order valence-corrected chi connectivity index (χ4v) is 3.69. The maximum Gasteiger partial charge on any atom is 0.229 e. The van der Waals surface area contributed by atoms with Gasteiger partial charge in [-0.1, -0.05) is 42.0 Å². The summed E-state index contributed by atoms with van der Waals surface area (Å²) in [5, 5.41) is 4.01. The second-order valence-electron chi connectivity index (χ2n) is 6.41. The summed E-state index contributed by atoms with van der Waals surface area (Å²) in [6.45, 7) is 8.07. The highest BCUT2D eigenvalue weighted by Crippen LogP contribution is 2.29. The molecule has 0 fully saturated rings. The summed E-state index contributed by atoms with van der Waals surface area (Å²) in [5.41, 5.74) is 6.27. The average molecular weight is 350 g/mol. The number of rotatable bonds is 4. The van der Waals surface area contributed by atoms with Crippen molar-refractivity contribution in [3.8, 4) is 11.3 Å². The molecule has 1 amide bonds. The predicted molar refractivity (Wildman–Crippen MR) is 105 cm³/mol. The van der Waals surface area contributed by atoms with E-state index in [-0.39, 0.29) is 5.91 Å². The molecule has 0 saturated heterocycles. The fourth-order valence-electron chi connectivity index (χ4n) is 2.74. The van der Waals surface area contributed by atoms with Gasteiger partial charge in [0, 0.05) is 16.1 Å². The number of hydrogen-bond donors (Lipinski definition) is 1. The van der Waals surface area contributed by atoms with E-state index in [0.29, 0.717) is 6.42 Å². The lowest BCUT2D eigenvalue weighted by Crippen LogP contribution is -2.15. The molecule has 0 spiro atoms. The van der Waals surface area contributed by atoms with Gasteiger partial charge in [0.15, 0.2) is 0 Å². The standard InChI is InChI=1S/C21H22N2OS/c1-13-6-9-17(10-7-13)21-19(25-16(4)22-21)12-20(24)23-18-11-14(2)5-8-15(18)3/h5-11H,12H2,1-4H3,(H,23,24). The van der Waals surface area contributed by atoms with E-state index in [1.807, 2.05) is 39.0 Å². The smallest absolute Gasteiger partial charge is 0.229 e. The van der Waals surface area contributed by atoms with Crippen molar-refractivity contribution in [2.75, 3.05) is 5.32 Å². The molecule has 0 radical (unpaired) electrons. The van der Waals surface area contributed by atoms with Crippen molar-refractivity contribution < 1.29 is 4.79 Å². The van der Waals surface area contributed by atoms with Crippen molar-refractivity contribution in [3.63, 3.8) is 0 Å². The highest BCUT2D eigenvalue weighted by molar-refractivity contribution is 7.12. The van der Waals surface area contributed by atoms with Crippen molar-refractivity contribution in [1.82, 2.24) is 4.98 Å². The number of thiazole rings is 1. The van der Waals surface area contributed by atoms with Crippen LogP contribution in [0.25, 0.3) is 11.3 Å². The van der Waals surface area contributed by atoms with Gasteiger partial charge in [-0.25, -0.2) is 4.98 Å². The molecular formula is C21H22N2OS. The molecule has 0 atom stereocenters. The Morgan fingerprint density at radius 1 is 1.00 bits per heavy atom. The Balaban J connectivity index is 1.82. The minimum atomic E-state index is -0.00860. The molecule has 0 aliphatic rings. The molecule has 1 heterocycles. The summed E-state index contributed by atoms with van der Waals surface area (Å²) in [6.07, 6.45) is 0.335. The van der Waals surface area contributed by atoms with Crippen LogP contribution in [0.5, 0.6) is 0 Å². The van der Waals surface area contributed by atoms with E-state index in [9.17, 15) is 4.79 Å². The number of nitrogens with zero attached hydrogens (tertiary/aromatic N) is 1. The number of aromatic nitrogens is 1. The van der Waals surface area contributed by atoms with Crippen LogP contribution in [0.3, 0.4) is 0 Å². The molecule has 1 aromatic heterocycles. The quantitative estimate of drug-likeness (QED) is 0.700. The largest absolute Gasteiger partial charge is 0.326 e. The minimum Gasteiger partial charge on any atom is -0.326 e. The molecule has 128 valence electrons. The van der Waals surface area contributed by atoms with Crippen molar-refractivity contribution in [2.45, 2.75) is 34.1 Å². The van der Waals surface area contributed by atoms with Gasteiger partial charge in [-0.2, -0.15) is 0 Å². The third-order valence-electron chi connectivity index (χ3n) is 4.12. The normalized spacial score (nSPS) is 10.7. The highest BCUT2D eigenvalue weighted by atomic mass is 32.1. The lowest BCUT2D eigenvalue weighted by Gasteiger charge is -2.09. The van der Waals surface area contributed by atoms with E-state index in [2.05, 4.69) is 41.5 Å². The number of nitrogens with one attached hydrogen (secondary N) is 1. The second kappa shape index (κ2) is 7.19. The van der Waals surface area contributed by atoms with Crippen molar-refractivity contribution in [3.05, 3.63) is 69.0 Å². The van der Waals surface area contributed by atoms with Gasteiger partial charge >= 0.3 is 0 Å². The Kier molecular flexibility index (Phi) is 5.00. The van der Waals surface area contributed by atoms with Crippen LogP contribution in [-0.2, 0) is 11.2 Å². The summed E-state index contributed by atoms with van der Waals surface area (Å²) in [7, 11) is 0. The van der Waals surface area contributed by atoms with E-state index in [4.69, 9.17) is 0 Å². The van der Waals surface area contributed by atoms with E-state index < -0.39 is 0 Å². The number of benzene rings is 2. The molecule has 25 heavy (non-hydrogen) atoms. The van der Waals surface area contributed by atoms with Gasteiger partial charge in [-0.15, -0.1) is 11.3 Å². The molecule has 0 saturated carbocycles. The summed E-state index contributed by atoms with van der Waals surface area (Å²) >= 11 is 1.59. The number of hydrogen-bond acceptors (Lipinski definition) is 3. The Morgan fingerprint density at radius 2 is 1.68 bits per heavy atom. The topological polar surface area (TPSA) is 42.0 Å². The zero-order chi connectivity index (χ0) is 18.0. The van der Waals surface area contributed by atoms with Gasteiger partial charge in [0.2, 0.25) is 5.91 Å². The van der Waals surface area contributed by atoms with Crippen LogP contribution < -0.4 is 5.32 Å². The molecular weight excluding hydrogens is 328 g/mol. The molecule has 4 heteroatoms. The lowest BCUT2D eigenvalue weighted by molar-refractivity contribution is -0.115. The molecule has 3 nitrogen and oxygen atoms in total. The first-order valence-corrected chi connectivity index (χ1v) is 9.14. The monoisotopic (exact) mass is 350 g/mol. The first kappa shape index (κ1) is 17.4. The van der Waals surface area contributed by atoms with Crippen LogP contribution in [-0.4, -0.2) is 10.9 Å². The van der Waals surface area contributed by atoms with Crippen LogP contribution >= 0.6 is 11.3 Å². The Hall–Kier alpha value is -2.46. The molecule has 2 aromatic carbocycles. The molecule has 3 aromatic rings. The number of carbonyl (C=O) groups is 1. The Morgan fingerprint density at radius 3 is 2.40 bits per heavy atom. The third kappa shape index (κ3) is 4.15. The van der Waals surface area contributed by atoms with E-state index >= 15 is 0 Å². The second-order valence-corrected chi connectivity index (χ2v) is 7.70. The maximum atomic E-state index is 12.6. The molecule has 0 bridgehead atoms. The van der Waals surface area contributed by atoms with E-state index in [0.717, 1.165) is 38.0 Å². The van der Waals surface area contributed by atoms with E-state index in [1.54, 1.807) is 11.3 Å². The lowest BCUT2D eigenvalue weighted by atomic mass is 10.1. The van der Waals surface area contributed by atoms with Gasteiger partial charge in [-0.3, -0.25) is 4.79 Å². The molecule has 1 N–H and O–H groups in total. The van der Waals surface area contributed by atoms with Crippen LogP contribution in [0.2, 0.25) is 0 Å². The molecule has 0 unspecified atom stereocenters. The van der Waals surface area contributed by atoms with Crippen LogP contribution in [0.15, 0.2) is 42.5 Å². The van der Waals surface area contributed by atoms with Crippen molar-refractivity contribution >= 4 is 22.9 Å². The van der Waals surface area contributed by atoms with Gasteiger partial charge < -0.3 is 5.32 Å². The van der Waals surface area contributed by atoms with Crippen molar-refractivity contribution in [1.29, 1.82) is 0 Å². The van der Waals surface area contributed by atoms with Gasteiger partial charge in [0.1, 0.15) is 0 Å². The van der Waals surface area contributed by atoms with Crippen LogP contribution in [0, 0.1) is 27.7 Å². The zero-order valence-corrected chi connectivity index (χ0v) is 15.8. The van der Waals surface area contributed by atoms with Gasteiger partial charge in [0.05, 0.1) is 17.1 Å². The maximum absolute atomic E-state index is 12.6. The molecule has 0 aliphatic carbocycles. The summed E-state index contributed by atoms with van der Waals surface area (Å²) < 4.78 is 0. The number of anilines is 1. The predicted octanol–water partition coefficient (Wildman–Crippen LogP) is 5.22. The van der Waals surface area contributed by atoms with Crippen LogP contribution in [0.4, 0.5) is 5.69 Å². The minimum absolute atomic E-state index is 0.00860. The first-order valence-electron chi connectivity index (χ1n) is 8.33. The zero-order valence-electron chi connectivity index (χ0n) is 15.0. The molecule has 3 rings (SSSR count). The van der Waals surface area contributed by atoms with Crippen molar-refractivity contribution in [2.24, 2.45) is 0 Å². The summed E-state index contributed by atoms with van der Waals surface area (Å²) in [6, 6.07) is 14.4. The summed E-state index contributed by atoms with van der Waals surface area (Å²) in [5.74, 6) is -0.00860. The highest BCUT2D eigenvalue weighted by Gasteiger charge is 2.15. The first-order chi connectivity index (χ1) is 11.9. The Labute approximate surface area is 152 Å².